The van der Waals surface area contributed by atoms with Crippen molar-refractivity contribution in [3.8, 4) is 0 Å². The van der Waals surface area contributed by atoms with Gasteiger partial charge in [-0.2, -0.15) is 0 Å². The van der Waals surface area contributed by atoms with E-state index in [1.54, 1.807) is 0 Å². The number of piperidine rings is 1. The molecule has 2 aliphatic carbocycles. The predicted octanol–water partition coefficient (Wildman–Crippen LogP) is 2.69. The minimum atomic E-state index is 0.306. The van der Waals surface area contributed by atoms with E-state index in [9.17, 15) is 0 Å². The third kappa shape index (κ3) is 3.05. The highest BCUT2D eigenvalue weighted by molar-refractivity contribution is 4.97. The molecule has 0 bridgehead atoms. The average Bonchev–Trinajstić information content (AvgIpc) is 3.34. The molecule has 2 saturated heterocycles. The first kappa shape index (κ1) is 13.5. The lowest BCUT2D eigenvalue weighted by atomic mass is 9.73. The van der Waals surface area contributed by atoms with Crippen LogP contribution in [0.3, 0.4) is 0 Å². The van der Waals surface area contributed by atoms with Gasteiger partial charge in [0.05, 0.1) is 12.7 Å². The average molecular weight is 279 g/mol. The van der Waals surface area contributed by atoms with Crippen molar-refractivity contribution in [3.05, 3.63) is 0 Å². The topological polar surface area (TPSA) is 21.7 Å². The summed E-state index contributed by atoms with van der Waals surface area (Å²) in [5.74, 6) is 1.88. The van der Waals surface area contributed by atoms with Gasteiger partial charge in [0.15, 0.2) is 0 Å². The Kier molecular flexibility index (Phi) is 3.78. The second kappa shape index (κ2) is 5.58. The Morgan fingerprint density at radius 2 is 1.95 bits per heavy atom. The van der Waals surface area contributed by atoms with E-state index in [2.05, 4.69) is 4.90 Å². The molecule has 3 nitrogen and oxygen atoms in total. The fraction of sp³-hybridized carbons (Fsp3) is 1.00. The monoisotopic (exact) mass is 279 g/mol. The van der Waals surface area contributed by atoms with Crippen molar-refractivity contribution in [2.75, 3.05) is 39.5 Å². The fourth-order valence-electron chi connectivity index (χ4n) is 4.13. The first-order valence-electron chi connectivity index (χ1n) is 8.76. The molecular weight excluding hydrogens is 250 g/mol. The van der Waals surface area contributed by atoms with E-state index in [4.69, 9.17) is 9.47 Å². The summed E-state index contributed by atoms with van der Waals surface area (Å²) >= 11 is 0. The highest BCUT2D eigenvalue weighted by Gasteiger charge is 2.46. The zero-order valence-corrected chi connectivity index (χ0v) is 12.7. The molecule has 0 aromatic rings. The highest BCUT2D eigenvalue weighted by atomic mass is 16.5. The number of fused-ring (bicyclic) bond motifs is 1. The van der Waals surface area contributed by atoms with Crippen LogP contribution in [-0.4, -0.2) is 50.5 Å². The van der Waals surface area contributed by atoms with Crippen molar-refractivity contribution >= 4 is 0 Å². The molecule has 4 fully saturated rings. The van der Waals surface area contributed by atoms with Gasteiger partial charge in [-0.15, -0.1) is 0 Å². The van der Waals surface area contributed by atoms with E-state index in [1.807, 2.05) is 0 Å². The lowest BCUT2D eigenvalue weighted by Gasteiger charge is -2.50. The Morgan fingerprint density at radius 3 is 2.75 bits per heavy atom. The maximum Gasteiger partial charge on any atom is 0.0677 e. The summed E-state index contributed by atoms with van der Waals surface area (Å²) in [5.41, 5.74) is 0.306. The third-order valence-electron chi connectivity index (χ3n) is 5.72. The maximum absolute atomic E-state index is 6.12. The van der Waals surface area contributed by atoms with Crippen LogP contribution >= 0.6 is 0 Å². The minimum absolute atomic E-state index is 0.306. The first-order chi connectivity index (χ1) is 9.84. The Labute approximate surface area is 123 Å². The van der Waals surface area contributed by atoms with Gasteiger partial charge in [-0.25, -0.2) is 0 Å². The van der Waals surface area contributed by atoms with E-state index < -0.39 is 0 Å². The van der Waals surface area contributed by atoms with Gasteiger partial charge < -0.3 is 14.4 Å². The summed E-state index contributed by atoms with van der Waals surface area (Å²) < 4.78 is 12.2. The van der Waals surface area contributed by atoms with Gasteiger partial charge in [0.2, 0.25) is 0 Å². The van der Waals surface area contributed by atoms with E-state index in [-0.39, 0.29) is 0 Å². The number of ether oxygens (including phenoxy) is 2. The molecule has 0 aromatic carbocycles. The third-order valence-corrected chi connectivity index (χ3v) is 5.72. The van der Waals surface area contributed by atoms with Gasteiger partial charge in [-0.05, 0) is 56.8 Å². The fourth-order valence-corrected chi connectivity index (χ4v) is 4.13. The predicted molar refractivity (Wildman–Crippen MR) is 78.7 cm³/mol. The Bertz CT molecular complexity index is 340. The summed E-state index contributed by atoms with van der Waals surface area (Å²) in [7, 11) is 0. The molecule has 3 heteroatoms. The molecule has 20 heavy (non-hydrogen) atoms. The Morgan fingerprint density at radius 1 is 1.10 bits per heavy atom. The normalized spacial score (nSPS) is 38.7. The SMILES string of the molecule is C1COC2CCN(CC3CC3)CC2(COCC2CC2)C1. The lowest BCUT2D eigenvalue weighted by molar-refractivity contribution is -0.153. The first-order valence-corrected chi connectivity index (χ1v) is 8.76. The summed E-state index contributed by atoms with van der Waals surface area (Å²) in [4.78, 5) is 2.71. The molecule has 0 spiro atoms. The number of rotatable bonds is 6. The molecule has 0 amide bonds. The minimum Gasteiger partial charge on any atom is -0.380 e. The Hall–Kier alpha value is -0.120. The highest BCUT2D eigenvalue weighted by Crippen LogP contribution is 2.42. The lowest BCUT2D eigenvalue weighted by Crippen LogP contribution is -2.57. The summed E-state index contributed by atoms with van der Waals surface area (Å²) in [6.07, 6.45) is 9.92. The number of hydrogen-bond acceptors (Lipinski definition) is 3. The van der Waals surface area contributed by atoms with Crippen LogP contribution in [0.25, 0.3) is 0 Å². The molecule has 4 rings (SSSR count). The smallest absolute Gasteiger partial charge is 0.0677 e. The summed E-state index contributed by atoms with van der Waals surface area (Å²) in [6, 6.07) is 0. The molecule has 114 valence electrons. The molecule has 2 atom stereocenters. The van der Waals surface area contributed by atoms with Crippen LogP contribution in [0.2, 0.25) is 0 Å². The van der Waals surface area contributed by atoms with E-state index in [0.717, 1.165) is 31.7 Å². The van der Waals surface area contributed by atoms with Crippen LogP contribution in [-0.2, 0) is 9.47 Å². The molecule has 2 aliphatic heterocycles. The van der Waals surface area contributed by atoms with Gasteiger partial charge in [-0.3, -0.25) is 0 Å². The van der Waals surface area contributed by atoms with Crippen LogP contribution in [0.5, 0.6) is 0 Å². The number of likely N-dealkylation sites (tertiary alicyclic amines) is 1. The zero-order chi connectivity index (χ0) is 13.4. The molecule has 0 radical (unpaired) electrons. The van der Waals surface area contributed by atoms with Crippen molar-refractivity contribution in [2.45, 2.75) is 51.0 Å². The van der Waals surface area contributed by atoms with Gasteiger partial charge in [0, 0.05) is 38.3 Å². The van der Waals surface area contributed by atoms with E-state index >= 15 is 0 Å². The number of hydrogen-bond donors (Lipinski definition) is 0. The Balaban J connectivity index is 1.38. The van der Waals surface area contributed by atoms with Crippen molar-refractivity contribution < 1.29 is 9.47 Å². The second-order valence-electron chi connectivity index (χ2n) is 7.75. The van der Waals surface area contributed by atoms with Crippen LogP contribution in [0.15, 0.2) is 0 Å². The summed E-state index contributed by atoms with van der Waals surface area (Å²) in [5, 5.41) is 0. The second-order valence-corrected chi connectivity index (χ2v) is 7.75. The van der Waals surface area contributed by atoms with Crippen LogP contribution in [0, 0.1) is 17.3 Å². The van der Waals surface area contributed by atoms with Crippen LogP contribution in [0.1, 0.15) is 44.9 Å². The molecular formula is C17H29NO2. The molecule has 2 saturated carbocycles. The number of nitrogens with zero attached hydrogens (tertiary/aromatic N) is 1. The van der Waals surface area contributed by atoms with Crippen LogP contribution in [0.4, 0.5) is 0 Å². The summed E-state index contributed by atoms with van der Waals surface area (Å²) in [6.45, 7) is 6.70. The molecule has 0 N–H and O–H groups in total. The van der Waals surface area contributed by atoms with Gasteiger partial charge in [0.1, 0.15) is 0 Å². The molecule has 0 aromatic heterocycles. The van der Waals surface area contributed by atoms with Crippen molar-refractivity contribution in [2.24, 2.45) is 17.3 Å². The van der Waals surface area contributed by atoms with Crippen molar-refractivity contribution in [3.63, 3.8) is 0 Å². The van der Waals surface area contributed by atoms with Gasteiger partial charge >= 0.3 is 0 Å². The molecule has 2 unspecified atom stereocenters. The molecule has 4 aliphatic rings. The quantitative estimate of drug-likeness (QED) is 0.746. The standard InChI is InChI=1S/C17H29NO2/c1-7-17(13-19-11-15-4-5-15)12-18(10-14-2-3-14)8-6-16(17)20-9-1/h14-16H,1-13H2. The van der Waals surface area contributed by atoms with Crippen molar-refractivity contribution in [1.29, 1.82) is 0 Å². The maximum atomic E-state index is 6.12. The molecule has 2 heterocycles. The van der Waals surface area contributed by atoms with Gasteiger partial charge in [-0.1, -0.05) is 0 Å². The largest absolute Gasteiger partial charge is 0.380 e. The van der Waals surface area contributed by atoms with E-state index in [0.29, 0.717) is 11.5 Å². The van der Waals surface area contributed by atoms with Crippen molar-refractivity contribution in [1.82, 2.24) is 4.90 Å². The zero-order valence-electron chi connectivity index (χ0n) is 12.7. The van der Waals surface area contributed by atoms with E-state index in [1.165, 1.54) is 64.6 Å². The van der Waals surface area contributed by atoms with Gasteiger partial charge in [0.25, 0.3) is 0 Å². The van der Waals surface area contributed by atoms with Crippen LogP contribution < -0.4 is 0 Å².